The summed E-state index contributed by atoms with van der Waals surface area (Å²) in [6.45, 7) is 0.780. The fraction of sp³-hybridized carbons (Fsp3) is 0.588. The molecule has 1 aromatic carbocycles. The Morgan fingerprint density at radius 2 is 2.00 bits per heavy atom. The van der Waals surface area contributed by atoms with Crippen molar-refractivity contribution in [2.75, 3.05) is 13.7 Å². The van der Waals surface area contributed by atoms with Crippen molar-refractivity contribution in [1.82, 2.24) is 10.6 Å². The number of ether oxygens (including phenoxy) is 1. The van der Waals surface area contributed by atoms with E-state index in [1.165, 1.54) is 5.56 Å². The highest BCUT2D eigenvalue weighted by atomic mass is 16.5. The zero-order chi connectivity index (χ0) is 14.7. The lowest BCUT2D eigenvalue weighted by atomic mass is 9.75. The van der Waals surface area contributed by atoms with E-state index in [-0.39, 0.29) is 5.91 Å². The first kappa shape index (κ1) is 14.4. The van der Waals surface area contributed by atoms with Crippen molar-refractivity contribution in [1.29, 1.82) is 0 Å². The van der Waals surface area contributed by atoms with E-state index >= 15 is 0 Å². The summed E-state index contributed by atoms with van der Waals surface area (Å²) in [5.74, 6) is 1.76. The van der Waals surface area contributed by atoms with Crippen LogP contribution in [0.2, 0.25) is 0 Å². The van der Waals surface area contributed by atoms with Crippen LogP contribution in [-0.4, -0.2) is 31.6 Å². The lowest BCUT2D eigenvalue weighted by Gasteiger charge is -2.37. The summed E-state index contributed by atoms with van der Waals surface area (Å²) < 4.78 is 5.42. The van der Waals surface area contributed by atoms with Gasteiger partial charge in [-0.1, -0.05) is 18.2 Å². The van der Waals surface area contributed by atoms with Gasteiger partial charge in [-0.3, -0.25) is 4.79 Å². The smallest absolute Gasteiger partial charge is 0.221 e. The first-order chi connectivity index (χ1) is 10.3. The lowest BCUT2D eigenvalue weighted by molar-refractivity contribution is -0.121. The third kappa shape index (κ3) is 3.76. The Morgan fingerprint density at radius 3 is 2.71 bits per heavy atom. The van der Waals surface area contributed by atoms with Crippen LogP contribution < -0.4 is 15.4 Å². The van der Waals surface area contributed by atoms with Gasteiger partial charge in [0.2, 0.25) is 5.91 Å². The zero-order valence-electron chi connectivity index (χ0n) is 12.6. The first-order valence-corrected chi connectivity index (χ1v) is 7.92. The molecular weight excluding hydrogens is 264 g/mol. The molecular formula is C17H24N2O2. The van der Waals surface area contributed by atoms with E-state index in [1.54, 1.807) is 7.11 Å². The number of hydrogen-bond donors (Lipinski definition) is 2. The Bertz CT molecular complexity index is 493. The van der Waals surface area contributed by atoms with Gasteiger partial charge in [-0.2, -0.15) is 0 Å². The molecule has 1 aromatic rings. The van der Waals surface area contributed by atoms with Crippen molar-refractivity contribution < 1.29 is 9.53 Å². The summed E-state index contributed by atoms with van der Waals surface area (Å²) in [5.41, 5.74) is 1.31. The molecule has 0 atom stereocenters. The SMILES string of the molecule is COc1ccccc1C1CC(NCCC(=O)NC2CC2)C1. The van der Waals surface area contributed by atoms with E-state index in [0.717, 1.165) is 38.0 Å². The molecule has 0 aliphatic heterocycles. The molecule has 0 heterocycles. The van der Waals surface area contributed by atoms with Crippen molar-refractivity contribution in [2.45, 2.75) is 50.1 Å². The zero-order valence-corrected chi connectivity index (χ0v) is 12.6. The predicted molar refractivity (Wildman–Crippen MR) is 82.5 cm³/mol. The molecule has 0 unspecified atom stereocenters. The first-order valence-electron chi connectivity index (χ1n) is 7.92. The van der Waals surface area contributed by atoms with Gasteiger partial charge < -0.3 is 15.4 Å². The molecule has 4 heteroatoms. The number of para-hydroxylation sites is 1. The highest BCUT2D eigenvalue weighted by molar-refractivity contribution is 5.76. The average Bonchev–Trinajstić information content (AvgIpc) is 3.25. The second kappa shape index (κ2) is 6.48. The standard InChI is InChI=1S/C17H24N2O2/c1-21-16-5-3-2-4-15(16)12-10-14(11-12)18-9-8-17(20)19-13-6-7-13/h2-5,12-14,18H,6-11H2,1H3,(H,19,20). The Morgan fingerprint density at radius 1 is 1.24 bits per heavy atom. The molecule has 2 fully saturated rings. The van der Waals surface area contributed by atoms with Crippen LogP contribution >= 0.6 is 0 Å². The molecule has 2 saturated carbocycles. The normalized spacial score (nSPS) is 24.2. The quantitative estimate of drug-likeness (QED) is 0.808. The Kier molecular flexibility index (Phi) is 4.44. The summed E-state index contributed by atoms with van der Waals surface area (Å²) in [4.78, 5) is 11.6. The predicted octanol–water partition coefficient (Wildman–Crippen LogP) is 2.20. The maximum absolute atomic E-state index is 11.6. The van der Waals surface area contributed by atoms with Crippen LogP contribution in [0.15, 0.2) is 24.3 Å². The molecule has 0 aromatic heterocycles. The minimum Gasteiger partial charge on any atom is -0.496 e. The topological polar surface area (TPSA) is 50.4 Å². The van der Waals surface area contributed by atoms with Crippen molar-refractivity contribution >= 4 is 5.91 Å². The minimum atomic E-state index is 0.186. The molecule has 2 aliphatic carbocycles. The van der Waals surface area contributed by atoms with Crippen LogP contribution in [0.1, 0.15) is 43.6 Å². The van der Waals surface area contributed by atoms with Crippen molar-refractivity contribution in [2.24, 2.45) is 0 Å². The third-order valence-corrected chi connectivity index (χ3v) is 4.44. The molecule has 114 valence electrons. The van der Waals surface area contributed by atoms with Gasteiger partial charge in [0, 0.05) is 25.0 Å². The highest BCUT2D eigenvalue weighted by Crippen LogP contribution is 2.40. The molecule has 0 saturated heterocycles. The number of rotatable bonds is 7. The van der Waals surface area contributed by atoms with E-state index < -0.39 is 0 Å². The Balaban J connectivity index is 1.36. The minimum absolute atomic E-state index is 0.186. The summed E-state index contributed by atoms with van der Waals surface area (Å²) in [5, 5.41) is 6.50. The maximum atomic E-state index is 11.6. The lowest BCUT2D eigenvalue weighted by Crippen LogP contribution is -2.41. The Hall–Kier alpha value is -1.55. The number of carbonyl (C=O) groups excluding carboxylic acids is 1. The van der Waals surface area contributed by atoms with Crippen LogP contribution in [0.4, 0.5) is 0 Å². The van der Waals surface area contributed by atoms with Crippen molar-refractivity contribution in [3.63, 3.8) is 0 Å². The van der Waals surface area contributed by atoms with E-state index in [9.17, 15) is 4.79 Å². The summed E-state index contributed by atoms with van der Waals surface area (Å²) in [6, 6.07) is 9.27. The summed E-state index contributed by atoms with van der Waals surface area (Å²) in [6.07, 6.45) is 5.16. The highest BCUT2D eigenvalue weighted by Gasteiger charge is 2.31. The van der Waals surface area contributed by atoms with Gasteiger partial charge in [-0.15, -0.1) is 0 Å². The number of carbonyl (C=O) groups is 1. The van der Waals surface area contributed by atoms with Gasteiger partial charge in [-0.05, 0) is 43.2 Å². The van der Waals surface area contributed by atoms with Crippen LogP contribution in [0.5, 0.6) is 5.75 Å². The number of nitrogens with one attached hydrogen (secondary N) is 2. The van der Waals surface area contributed by atoms with Crippen LogP contribution in [0.3, 0.4) is 0 Å². The molecule has 2 aliphatic rings. The van der Waals surface area contributed by atoms with Crippen LogP contribution in [0.25, 0.3) is 0 Å². The number of hydrogen-bond acceptors (Lipinski definition) is 3. The second-order valence-corrected chi connectivity index (χ2v) is 6.15. The van der Waals surface area contributed by atoms with Crippen molar-refractivity contribution in [3.8, 4) is 5.75 Å². The molecule has 1 amide bonds. The molecule has 21 heavy (non-hydrogen) atoms. The van der Waals surface area contributed by atoms with Gasteiger partial charge in [0.05, 0.1) is 7.11 Å². The fourth-order valence-corrected chi connectivity index (χ4v) is 2.96. The largest absolute Gasteiger partial charge is 0.496 e. The number of methoxy groups -OCH3 is 1. The molecule has 0 radical (unpaired) electrons. The third-order valence-electron chi connectivity index (χ3n) is 4.44. The van der Waals surface area contributed by atoms with E-state index in [1.807, 2.05) is 12.1 Å². The summed E-state index contributed by atoms with van der Waals surface area (Å²) in [7, 11) is 1.73. The Labute approximate surface area is 126 Å². The maximum Gasteiger partial charge on any atom is 0.221 e. The molecule has 2 N–H and O–H groups in total. The van der Waals surface area contributed by atoms with Gasteiger partial charge in [0.15, 0.2) is 0 Å². The second-order valence-electron chi connectivity index (χ2n) is 6.15. The van der Waals surface area contributed by atoms with Crippen LogP contribution in [-0.2, 0) is 4.79 Å². The van der Waals surface area contributed by atoms with Crippen molar-refractivity contribution in [3.05, 3.63) is 29.8 Å². The number of benzene rings is 1. The van der Waals surface area contributed by atoms with Gasteiger partial charge >= 0.3 is 0 Å². The molecule has 0 spiro atoms. The van der Waals surface area contributed by atoms with E-state index in [4.69, 9.17) is 4.74 Å². The molecule has 3 rings (SSSR count). The average molecular weight is 288 g/mol. The number of amides is 1. The van der Waals surface area contributed by atoms with E-state index in [2.05, 4.69) is 22.8 Å². The van der Waals surface area contributed by atoms with Crippen LogP contribution in [0, 0.1) is 0 Å². The van der Waals surface area contributed by atoms with Gasteiger partial charge in [-0.25, -0.2) is 0 Å². The van der Waals surface area contributed by atoms with E-state index in [0.29, 0.717) is 24.4 Å². The molecule has 0 bridgehead atoms. The van der Waals surface area contributed by atoms with Gasteiger partial charge in [0.1, 0.15) is 5.75 Å². The fourth-order valence-electron chi connectivity index (χ4n) is 2.96. The monoisotopic (exact) mass is 288 g/mol. The molecule has 4 nitrogen and oxygen atoms in total. The summed E-state index contributed by atoms with van der Waals surface area (Å²) >= 11 is 0. The van der Waals surface area contributed by atoms with Gasteiger partial charge in [0.25, 0.3) is 0 Å².